The zero-order valence-corrected chi connectivity index (χ0v) is 20.4. The number of rotatable bonds is 6. The Morgan fingerprint density at radius 2 is 1.84 bits per heavy atom. The molecule has 170 valence electrons. The molecular formula is C25H38N4OS. The molecule has 2 aliphatic rings. The van der Waals surface area contributed by atoms with Crippen molar-refractivity contribution < 1.29 is 4.79 Å². The average molecular weight is 443 g/mol. The number of likely N-dealkylation sites (tertiary alicyclic amines) is 1. The summed E-state index contributed by atoms with van der Waals surface area (Å²) >= 11 is 1.78. The Balaban J connectivity index is 1.22. The van der Waals surface area contributed by atoms with Crippen LogP contribution in [0.4, 0.5) is 5.13 Å². The second kappa shape index (κ2) is 9.86. The van der Waals surface area contributed by atoms with E-state index >= 15 is 0 Å². The van der Waals surface area contributed by atoms with Gasteiger partial charge in [-0.1, -0.05) is 23.8 Å². The number of thiazole rings is 1. The van der Waals surface area contributed by atoms with Crippen molar-refractivity contribution in [3.8, 4) is 0 Å². The lowest BCUT2D eigenvalue weighted by Gasteiger charge is -2.39. The minimum atomic E-state index is 0.141. The number of benzene rings is 1. The quantitative estimate of drug-likeness (QED) is 0.647. The summed E-state index contributed by atoms with van der Waals surface area (Å²) in [6.07, 6.45) is 6.85. The molecule has 1 aromatic heterocycles. The minimum Gasteiger partial charge on any atom is -0.356 e. The van der Waals surface area contributed by atoms with Crippen molar-refractivity contribution in [2.45, 2.75) is 78.3 Å². The van der Waals surface area contributed by atoms with E-state index in [9.17, 15) is 4.79 Å². The Hall–Kier alpha value is -1.66. The molecule has 1 aromatic carbocycles. The summed E-state index contributed by atoms with van der Waals surface area (Å²) < 4.78 is 1.27. The van der Waals surface area contributed by atoms with E-state index in [0.717, 1.165) is 56.1 Å². The van der Waals surface area contributed by atoms with Crippen molar-refractivity contribution in [1.82, 2.24) is 15.2 Å². The van der Waals surface area contributed by atoms with Crippen LogP contribution in [-0.2, 0) is 4.79 Å². The van der Waals surface area contributed by atoms with Gasteiger partial charge in [-0.05, 0) is 77.0 Å². The number of amides is 1. The van der Waals surface area contributed by atoms with Crippen molar-refractivity contribution in [2.75, 3.05) is 31.1 Å². The first-order valence-electron chi connectivity index (χ1n) is 12.1. The maximum atomic E-state index is 12.7. The summed E-state index contributed by atoms with van der Waals surface area (Å²) in [5.74, 6) is 0.387. The highest BCUT2D eigenvalue weighted by atomic mass is 32.1. The Morgan fingerprint density at radius 3 is 2.55 bits per heavy atom. The van der Waals surface area contributed by atoms with E-state index in [4.69, 9.17) is 4.98 Å². The highest BCUT2D eigenvalue weighted by Gasteiger charge is 2.27. The third-order valence-electron chi connectivity index (χ3n) is 7.22. The molecule has 0 bridgehead atoms. The van der Waals surface area contributed by atoms with E-state index in [2.05, 4.69) is 54.9 Å². The van der Waals surface area contributed by atoms with E-state index in [-0.39, 0.29) is 11.8 Å². The van der Waals surface area contributed by atoms with Gasteiger partial charge < -0.3 is 10.2 Å². The fourth-order valence-electron chi connectivity index (χ4n) is 5.36. The van der Waals surface area contributed by atoms with Crippen molar-refractivity contribution in [2.24, 2.45) is 5.92 Å². The Morgan fingerprint density at radius 1 is 1.13 bits per heavy atom. The zero-order chi connectivity index (χ0) is 22.0. The average Bonchev–Trinajstić information content (AvgIpc) is 3.17. The molecule has 0 spiro atoms. The number of piperidine rings is 2. The number of carbonyl (C=O) groups is 1. The number of aromatic nitrogens is 1. The SMILES string of the molecule is Cc1cc(C)c2nc(N3CCC(C(=O)NCCCN4[C@@H](C)CCC[C@@H]4C)CC3)sc2c1. The lowest BCUT2D eigenvalue weighted by Crippen LogP contribution is -2.45. The molecular weight excluding hydrogens is 404 g/mol. The number of carbonyl (C=O) groups excluding carboxylic acids is 1. The van der Waals surface area contributed by atoms with E-state index in [1.165, 1.54) is 35.1 Å². The van der Waals surface area contributed by atoms with Crippen LogP contribution in [0, 0.1) is 19.8 Å². The van der Waals surface area contributed by atoms with E-state index in [1.807, 2.05) is 0 Å². The molecule has 1 N–H and O–H groups in total. The fourth-order valence-corrected chi connectivity index (χ4v) is 6.55. The summed E-state index contributed by atoms with van der Waals surface area (Å²) in [5.41, 5.74) is 3.67. The molecule has 2 atom stereocenters. The van der Waals surface area contributed by atoms with Crippen LogP contribution in [0.5, 0.6) is 0 Å². The van der Waals surface area contributed by atoms with Gasteiger partial charge in [0.2, 0.25) is 5.91 Å². The molecule has 0 unspecified atom stereocenters. The van der Waals surface area contributed by atoms with Gasteiger partial charge in [-0.3, -0.25) is 9.69 Å². The van der Waals surface area contributed by atoms with Crippen LogP contribution in [0.25, 0.3) is 10.2 Å². The Kier molecular flexibility index (Phi) is 7.17. The van der Waals surface area contributed by atoms with Crippen molar-refractivity contribution in [3.63, 3.8) is 0 Å². The highest BCUT2D eigenvalue weighted by molar-refractivity contribution is 7.22. The smallest absolute Gasteiger partial charge is 0.223 e. The molecule has 2 aromatic rings. The molecule has 31 heavy (non-hydrogen) atoms. The third-order valence-corrected chi connectivity index (χ3v) is 8.29. The lowest BCUT2D eigenvalue weighted by atomic mass is 9.96. The van der Waals surface area contributed by atoms with Crippen LogP contribution in [0.2, 0.25) is 0 Å². The van der Waals surface area contributed by atoms with Crippen LogP contribution in [0.3, 0.4) is 0 Å². The predicted molar refractivity (Wildman–Crippen MR) is 131 cm³/mol. The van der Waals surface area contributed by atoms with Gasteiger partial charge in [0.1, 0.15) is 0 Å². The number of fused-ring (bicyclic) bond motifs is 1. The molecule has 2 fully saturated rings. The molecule has 3 heterocycles. The van der Waals surface area contributed by atoms with Crippen molar-refractivity contribution in [1.29, 1.82) is 0 Å². The van der Waals surface area contributed by atoms with Gasteiger partial charge in [-0.2, -0.15) is 0 Å². The van der Waals surface area contributed by atoms with Crippen LogP contribution in [0.1, 0.15) is 63.5 Å². The molecule has 2 saturated heterocycles. The summed E-state index contributed by atoms with van der Waals surface area (Å²) in [6.45, 7) is 12.7. The van der Waals surface area contributed by atoms with Gasteiger partial charge in [-0.25, -0.2) is 4.98 Å². The van der Waals surface area contributed by atoms with Crippen LogP contribution in [-0.4, -0.2) is 54.1 Å². The molecule has 0 radical (unpaired) electrons. The predicted octanol–water partition coefficient (Wildman–Crippen LogP) is 4.90. The van der Waals surface area contributed by atoms with Crippen LogP contribution >= 0.6 is 11.3 Å². The maximum absolute atomic E-state index is 12.7. The molecule has 0 saturated carbocycles. The molecule has 6 heteroatoms. The van der Waals surface area contributed by atoms with Crippen molar-refractivity contribution >= 4 is 32.6 Å². The number of nitrogens with zero attached hydrogens (tertiary/aromatic N) is 3. The van der Waals surface area contributed by atoms with E-state index < -0.39 is 0 Å². The lowest BCUT2D eigenvalue weighted by molar-refractivity contribution is -0.125. The van der Waals surface area contributed by atoms with Gasteiger partial charge in [0.15, 0.2) is 5.13 Å². The second-order valence-corrected chi connectivity index (χ2v) is 10.7. The fraction of sp³-hybridized carbons (Fsp3) is 0.680. The van der Waals surface area contributed by atoms with Gasteiger partial charge in [0.05, 0.1) is 10.2 Å². The van der Waals surface area contributed by atoms with E-state index in [1.54, 1.807) is 11.3 Å². The minimum absolute atomic E-state index is 0.141. The van der Waals surface area contributed by atoms with E-state index in [0.29, 0.717) is 12.1 Å². The van der Waals surface area contributed by atoms with Crippen LogP contribution < -0.4 is 10.2 Å². The maximum Gasteiger partial charge on any atom is 0.223 e. The number of hydrogen-bond donors (Lipinski definition) is 1. The third kappa shape index (κ3) is 5.23. The standard InChI is InChI=1S/C25H38N4OS/c1-17-15-18(2)23-22(16-17)31-25(27-23)28-13-9-21(10-14-28)24(30)26-11-6-12-29-19(3)7-5-8-20(29)4/h15-16,19-21H,5-14H2,1-4H3,(H,26,30)/t19-,20-/m0/s1. The number of hydrogen-bond acceptors (Lipinski definition) is 5. The van der Waals surface area contributed by atoms with Gasteiger partial charge in [0.25, 0.3) is 0 Å². The summed E-state index contributed by atoms with van der Waals surface area (Å²) in [4.78, 5) is 22.6. The first kappa shape index (κ1) is 22.5. The Bertz CT molecular complexity index is 892. The summed E-state index contributed by atoms with van der Waals surface area (Å²) in [6, 6.07) is 5.79. The summed E-state index contributed by atoms with van der Waals surface area (Å²) in [7, 11) is 0. The first-order chi connectivity index (χ1) is 14.9. The molecule has 4 rings (SSSR count). The van der Waals surface area contributed by atoms with Crippen molar-refractivity contribution in [3.05, 3.63) is 23.3 Å². The Labute approximate surface area is 191 Å². The zero-order valence-electron chi connectivity index (χ0n) is 19.6. The molecule has 1 amide bonds. The summed E-state index contributed by atoms with van der Waals surface area (Å²) in [5, 5.41) is 4.32. The number of aryl methyl sites for hydroxylation is 2. The van der Waals surface area contributed by atoms with Gasteiger partial charge in [-0.15, -0.1) is 0 Å². The molecule has 0 aliphatic carbocycles. The van der Waals surface area contributed by atoms with Gasteiger partial charge in [0, 0.05) is 44.2 Å². The first-order valence-corrected chi connectivity index (χ1v) is 12.9. The highest BCUT2D eigenvalue weighted by Crippen LogP contribution is 2.33. The second-order valence-electron chi connectivity index (χ2n) is 9.70. The number of anilines is 1. The number of nitrogens with one attached hydrogen (secondary N) is 1. The molecule has 5 nitrogen and oxygen atoms in total. The molecule has 2 aliphatic heterocycles. The van der Waals surface area contributed by atoms with Crippen LogP contribution in [0.15, 0.2) is 12.1 Å². The largest absolute Gasteiger partial charge is 0.356 e. The normalized spacial score (nSPS) is 23.4. The topological polar surface area (TPSA) is 48.5 Å². The monoisotopic (exact) mass is 442 g/mol. The van der Waals surface area contributed by atoms with Gasteiger partial charge >= 0.3 is 0 Å².